The summed E-state index contributed by atoms with van der Waals surface area (Å²) < 4.78 is 0. The number of hydrogen-bond acceptors (Lipinski definition) is 2. The molecule has 0 radical (unpaired) electrons. The molecule has 0 unspecified atom stereocenters. The molecule has 1 amide bonds. The highest BCUT2D eigenvalue weighted by molar-refractivity contribution is 7.98. The van der Waals surface area contributed by atoms with Gasteiger partial charge in [-0.05, 0) is 29.9 Å². The highest BCUT2D eigenvalue weighted by Crippen LogP contribution is 2.16. The maximum Gasteiger partial charge on any atom is 0.226 e. The molecule has 2 rings (SSSR count). The smallest absolute Gasteiger partial charge is 0.226 e. The van der Waals surface area contributed by atoms with E-state index in [0.717, 1.165) is 23.6 Å². The summed E-state index contributed by atoms with van der Waals surface area (Å²) in [6.07, 6.45) is 1.53. The Morgan fingerprint density at radius 3 is 2.29 bits per heavy atom. The second kappa shape index (κ2) is 8.53. The Morgan fingerprint density at radius 2 is 1.62 bits per heavy atom. The third-order valence-electron chi connectivity index (χ3n) is 3.31. The van der Waals surface area contributed by atoms with E-state index in [4.69, 9.17) is 0 Å². The minimum Gasteiger partial charge on any atom is -0.316 e. The lowest BCUT2D eigenvalue weighted by Crippen LogP contribution is -2.25. The number of benzene rings is 2. The van der Waals surface area contributed by atoms with Gasteiger partial charge in [-0.1, -0.05) is 48.5 Å². The van der Waals surface area contributed by atoms with Crippen molar-refractivity contribution in [2.45, 2.75) is 18.6 Å². The van der Waals surface area contributed by atoms with E-state index in [2.05, 4.69) is 24.3 Å². The summed E-state index contributed by atoms with van der Waals surface area (Å²) in [6, 6.07) is 20.2. The molecule has 3 heteroatoms. The minimum atomic E-state index is 0.182. The Bertz CT molecular complexity index is 542. The van der Waals surface area contributed by atoms with Crippen LogP contribution in [0, 0.1) is 0 Å². The van der Waals surface area contributed by atoms with Crippen LogP contribution in [0.15, 0.2) is 60.7 Å². The van der Waals surface area contributed by atoms with Crippen LogP contribution < -0.4 is 4.90 Å². The second-order valence-corrected chi connectivity index (χ2v) is 6.04. The summed E-state index contributed by atoms with van der Waals surface area (Å²) in [5.74, 6) is 2.22. The largest absolute Gasteiger partial charge is 0.316 e. The second-order valence-electron chi connectivity index (χ2n) is 4.93. The predicted octanol–water partition coefficient (Wildman–Crippen LogP) is 4.36. The van der Waals surface area contributed by atoms with Gasteiger partial charge < -0.3 is 4.90 Å². The molecule has 0 aliphatic carbocycles. The number of carbonyl (C=O) groups is 1. The molecular formula is C18H21NOS. The number of carbonyl (C=O) groups excluding carboxylic acids is 1. The molecule has 2 nitrogen and oxygen atoms in total. The van der Waals surface area contributed by atoms with Gasteiger partial charge in [0.15, 0.2) is 0 Å². The molecule has 0 N–H and O–H groups in total. The van der Waals surface area contributed by atoms with Gasteiger partial charge in [0.25, 0.3) is 0 Å². The Labute approximate surface area is 131 Å². The summed E-state index contributed by atoms with van der Waals surface area (Å²) in [7, 11) is 1.84. The molecule has 0 spiro atoms. The normalized spacial score (nSPS) is 10.3. The van der Waals surface area contributed by atoms with Gasteiger partial charge in [-0.3, -0.25) is 4.79 Å². The van der Waals surface area contributed by atoms with Crippen LogP contribution in [0.4, 0.5) is 5.69 Å². The van der Waals surface area contributed by atoms with Crippen LogP contribution in [0.2, 0.25) is 0 Å². The van der Waals surface area contributed by atoms with Crippen molar-refractivity contribution in [3.63, 3.8) is 0 Å². The molecule has 2 aromatic rings. The maximum atomic E-state index is 12.1. The fraction of sp³-hybridized carbons (Fsp3) is 0.278. The summed E-state index contributed by atoms with van der Waals surface area (Å²) in [5, 5.41) is 0. The average Bonchev–Trinajstić information content (AvgIpc) is 2.55. The molecule has 2 aromatic carbocycles. The SMILES string of the molecule is CN(C(=O)CCCSCc1ccccc1)c1ccccc1. The highest BCUT2D eigenvalue weighted by atomic mass is 32.2. The van der Waals surface area contributed by atoms with Crippen molar-refractivity contribution in [2.75, 3.05) is 17.7 Å². The van der Waals surface area contributed by atoms with Crippen molar-refractivity contribution in [1.29, 1.82) is 0 Å². The summed E-state index contributed by atoms with van der Waals surface area (Å²) in [6.45, 7) is 0. The lowest BCUT2D eigenvalue weighted by atomic mass is 10.2. The Hall–Kier alpha value is -1.74. The predicted molar refractivity (Wildman–Crippen MR) is 91.7 cm³/mol. The van der Waals surface area contributed by atoms with E-state index in [1.54, 1.807) is 4.90 Å². The molecule has 0 saturated heterocycles. The molecule has 21 heavy (non-hydrogen) atoms. The summed E-state index contributed by atoms with van der Waals surface area (Å²) >= 11 is 1.89. The van der Waals surface area contributed by atoms with Crippen molar-refractivity contribution < 1.29 is 4.79 Å². The fourth-order valence-electron chi connectivity index (χ4n) is 2.05. The zero-order valence-corrected chi connectivity index (χ0v) is 13.2. The van der Waals surface area contributed by atoms with Crippen LogP contribution in [0.3, 0.4) is 0 Å². The average molecular weight is 299 g/mol. The number of rotatable bonds is 7. The van der Waals surface area contributed by atoms with Crippen molar-refractivity contribution in [2.24, 2.45) is 0 Å². The van der Waals surface area contributed by atoms with E-state index < -0.39 is 0 Å². The molecule has 0 bridgehead atoms. The fourth-order valence-corrected chi connectivity index (χ4v) is 2.97. The highest BCUT2D eigenvalue weighted by Gasteiger charge is 2.09. The molecular weight excluding hydrogens is 278 g/mol. The van der Waals surface area contributed by atoms with Crippen LogP contribution in [0.1, 0.15) is 18.4 Å². The van der Waals surface area contributed by atoms with Crippen molar-refractivity contribution in [3.05, 3.63) is 66.2 Å². The van der Waals surface area contributed by atoms with Crippen LogP contribution >= 0.6 is 11.8 Å². The molecule has 0 aliphatic heterocycles. The first-order valence-electron chi connectivity index (χ1n) is 7.20. The minimum absolute atomic E-state index is 0.182. The first-order valence-corrected chi connectivity index (χ1v) is 8.36. The van der Waals surface area contributed by atoms with Crippen molar-refractivity contribution >= 4 is 23.4 Å². The number of hydrogen-bond donors (Lipinski definition) is 0. The first kappa shape index (κ1) is 15.6. The van der Waals surface area contributed by atoms with E-state index in [-0.39, 0.29) is 5.91 Å². The van der Waals surface area contributed by atoms with E-state index in [1.165, 1.54) is 5.56 Å². The van der Waals surface area contributed by atoms with Crippen LogP contribution in [0.25, 0.3) is 0 Å². The van der Waals surface area contributed by atoms with Gasteiger partial charge in [0.05, 0.1) is 0 Å². The zero-order valence-electron chi connectivity index (χ0n) is 12.4. The van der Waals surface area contributed by atoms with Gasteiger partial charge >= 0.3 is 0 Å². The first-order chi connectivity index (χ1) is 10.3. The topological polar surface area (TPSA) is 20.3 Å². The number of anilines is 1. The lowest BCUT2D eigenvalue weighted by molar-refractivity contribution is -0.118. The van der Waals surface area contributed by atoms with Crippen molar-refractivity contribution in [3.8, 4) is 0 Å². The molecule has 0 aromatic heterocycles. The Kier molecular flexibility index (Phi) is 6.35. The zero-order chi connectivity index (χ0) is 14.9. The number of thioether (sulfide) groups is 1. The van der Waals surface area contributed by atoms with Crippen LogP contribution in [-0.4, -0.2) is 18.7 Å². The molecule has 110 valence electrons. The van der Waals surface area contributed by atoms with Crippen LogP contribution in [0.5, 0.6) is 0 Å². The lowest BCUT2D eigenvalue weighted by Gasteiger charge is -2.17. The Balaban J connectivity index is 1.65. The van der Waals surface area contributed by atoms with Gasteiger partial charge in [-0.15, -0.1) is 0 Å². The van der Waals surface area contributed by atoms with Gasteiger partial charge in [0.1, 0.15) is 0 Å². The maximum absolute atomic E-state index is 12.1. The van der Waals surface area contributed by atoms with E-state index in [1.807, 2.05) is 55.2 Å². The summed E-state index contributed by atoms with van der Waals surface area (Å²) in [5.41, 5.74) is 2.30. The van der Waals surface area contributed by atoms with Crippen LogP contribution in [-0.2, 0) is 10.5 Å². The van der Waals surface area contributed by atoms with E-state index >= 15 is 0 Å². The van der Waals surface area contributed by atoms with Gasteiger partial charge in [-0.2, -0.15) is 11.8 Å². The Morgan fingerprint density at radius 1 is 1.00 bits per heavy atom. The molecule has 0 atom stereocenters. The van der Waals surface area contributed by atoms with Gasteiger partial charge in [-0.25, -0.2) is 0 Å². The van der Waals surface area contributed by atoms with Crippen molar-refractivity contribution in [1.82, 2.24) is 0 Å². The number of nitrogens with zero attached hydrogens (tertiary/aromatic N) is 1. The standard InChI is InChI=1S/C18H21NOS/c1-19(17-11-6-3-7-12-17)18(20)13-8-14-21-15-16-9-4-2-5-10-16/h2-7,9-12H,8,13-15H2,1H3. The van der Waals surface area contributed by atoms with Gasteiger partial charge in [0, 0.05) is 24.9 Å². The molecule has 0 saturated carbocycles. The number of para-hydroxylation sites is 1. The van der Waals surface area contributed by atoms with E-state index in [9.17, 15) is 4.79 Å². The third kappa shape index (κ3) is 5.27. The molecule has 0 heterocycles. The van der Waals surface area contributed by atoms with E-state index in [0.29, 0.717) is 6.42 Å². The monoisotopic (exact) mass is 299 g/mol. The summed E-state index contributed by atoms with van der Waals surface area (Å²) in [4.78, 5) is 13.8. The molecule has 0 fully saturated rings. The number of amides is 1. The van der Waals surface area contributed by atoms with Gasteiger partial charge in [0.2, 0.25) is 5.91 Å². The quantitative estimate of drug-likeness (QED) is 0.708. The molecule has 0 aliphatic rings. The third-order valence-corrected chi connectivity index (χ3v) is 4.42.